The van der Waals surface area contributed by atoms with Crippen molar-refractivity contribution in [3.05, 3.63) is 40.7 Å². The Morgan fingerprint density at radius 2 is 1.95 bits per heavy atom. The number of carbonyl (C=O) groups is 1. The second-order valence-electron chi connectivity index (χ2n) is 3.80. The predicted molar refractivity (Wildman–Crippen MR) is 67.6 cm³/mol. The third-order valence-corrected chi connectivity index (χ3v) is 2.69. The van der Waals surface area contributed by atoms with Crippen molar-refractivity contribution in [2.45, 2.75) is 0 Å². The molecule has 0 aliphatic rings. The molecule has 21 heavy (non-hydrogen) atoms. The summed E-state index contributed by atoms with van der Waals surface area (Å²) < 4.78 is 45.3. The molecule has 0 atom stereocenters. The molecule has 0 unspecified atom stereocenters. The van der Waals surface area contributed by atoms with Crippen LogP contribution in [0.5, 0.6) is 5.88 Å². The summed E-state index contributed by atoms with van der Waals surface area (Å²) >= 11 is 5.56. The summed E-state index contributed by atoms with van der Waals surface area (Å²) in [6.45, 7) is 0. The van der Waals surface area contributed by atoms with E-state index in [4.69, 9.17) is 22.4 Å². The maximum atomic E-state index is 13.9. The first-order valence-electron chi connectivity index (χ1n) is 5.32. The minimum Gasteiger partial charge on any atom is -0.449 e. The number of nitrogens with two attached hydrogens (primary N) is 1. The van der Waals surface area contributed by atoms with Gasteiger partial charge in [0.05, 0.1) is 0 Å². The quantitative estimate of drug-likeness (QED) is 0.828. The molecule has 2 aromatic rings. The van der Waals surface area contributed by atoms with Gasteiger partial charge in [-0.15, -0.1) is 0 Å². The van der Waals surface area contributed by atoms with Crippen molar-refractivity contribution in [1.82, 2.24) is 4.98 Å². The van der Waals surface area contributed by atoms with Gasteiger partial charge in [-0.1, -0.05) is 11.6 Å². The van der Waals surface area contributed by atoms with E-state index in [1.165, 1.54) is 6.07 Å². The van der Waals surface area contributed by atoms with Crippen LogP contribution in [0.15, 0.2) is 18.2 Å². The van der Waals surface area contributed by atoms with Crippen LogP contribution >= 0.6 is 11.6 Å². The minimum atomic E-state index is -1.88. The van der Waals surface area contributed by atoms with E-state index in [0.717, 1.165) is 12.1 Å². The fraction of sp³-hybridized carbons (Fsp3) is 0. The molecule has 1 heterocycles. The molecule has 0 amide bonds. The van der Waals surface area contributed by atoms with E-state index in [1.54, 1.807) is 0 Å². The Balaban J connectivity index is 2.68. The molecule has 0 aliphatic carbocycles. The van der Waals surface area contributed by atoms with Crippen molar-refractivity contribution < 1.29 is 27.8 Å². The highest BCUT2D eigenvalue weighted by Gasteiger charge is 2.23. The third-order valence-electron chi connectivity index (χ3n) is 2.45. The Labute approximate surface area is 120 Å². The molecule has 1 aromatic heterocycles. The highest BCUT2D eigenvalue weighted by atomic mass is 35.5. The van der Waals surface area contributed by atoms with E-state index in [1.807, 2.05) is 0 Å². The Hall–Kier alpha value is -2.48. The average molecular weight is 319 g/mol. The predicted octanol–water partition coefficient (Wildman–Crippen LogP) is 3.46. The van der Waals surface area contributed by atoms with Gasteiger partial charge in [-0.3, -0.25) is 0 Å². The number of rotatable bonds is 2. The Bertz CT molecular complexity index is 740. The standard InChI is InChI=1S/C12H6ClF3N2O3/c13-4-1-2-5(6(14)3-4)10-7(15)9(17)8(16)11(18-10)21-12(19)20/h1-3H,(H2,17,18)(H,19,20). The van der Waals surface area contributed by atoms with Crippen molar-refractivity contribution >= 4 is 23.4 Å². The molecule has 3 N–H and O–H groups in total. The summed E-state index contributed by atoms with van der Waals surface area (Å²) in [4.78, 5) is 13.7. The lowest BCUT2D eigenvalue weighted by molar-refractivity contribution is 0.140. The highest BCUT2D eigenvalue weighted by Crippen LogP contribution is 2.33. The summed E-state index contributed by atoms with van der Waals surface area (Å²) in [6.07, 6.45) is -1.88. The number of anilines is 1. The number of nitrogens with zero attached hydrogens (tertiary/aromatic N) is 1. The molecule has 9 heteroatoms. The maximum Gasteiger partial charge on any atom is 0.512 e. The van der Waals surface area contributed by atoms with Gasteiger partial charge in [0.1, 0.15) is 17.2 Å². The zero-order valence-corrected chi connectivity index (χ0v) is 10.8. The number of carboxylic acid groups (broad SMARTS) is 1. The van der Waals surface area contributed by atoms with Crippen LogP contribution in [0.4, 0.5) is 23.7 Å². The zero-order valence-electron chi connectivity index (χ0n) is 10.0. The zero-order chi connectivity index (χ0) is 15.7. The van der Waals surface area contributed by atoms with Crippen molar-refractivity contribution in [2.75, 3.05) is 5.73 Å². The second-order valence-corrected chi connectivity index (χ2v) is 4.24. The third kappa shape index (κ3) is 2.84. The lowest BCUT2D eigenvalue weighted by Gasteiger charge is -2.10. The molecule has 0 saturated carbocycles. The fourth-order valence-corrected chi connectivity index (χ4v) is 1.71. The maximum absolute atomic E-state index is 13.9. The molecule has 0 saturated heterocycles. The van der Waals surface area contributed by atoms with Crippen LogP contribution in [0.3, 0.4) is 0 Å². The topological polar surface area (TPSA) is 85.4 Å². The lowest BCUT2D eigenvalue weighted by Crippen LogP contribution is -2.10. The first-order valence-corrected chi connectivity index (χ1v) is 5.69. The van der Waals surface area contributed by atoms with Crippen molar-refractivity contribution in [2.24, 2.45) is 0 Å². The van der Waals surface area contributed by atoms with Crippen LogP contribution in [0.1, 0.15) is 0 Å². The van der Waals surface area contributed by atoms with Gasteiger partial charge in [-0.25, -0.2) is 18.6 Å². The number of hydrogen-bond donors (Lipinski definition) is 2. The smallest absolute Gasteiger partial charge is 0.449 e. The summed E-state index contributed by atoms with van der Waals surface area (Å²) in [5.41, 5.74) is 3.06. The molecule has 0 aliphatic heterocycles. The van der Waals surface area contributed by atoms with Gasteiger partial charge in [0.25, 0.3) is 5.88 Å². The van der Waals surface area contributed by atoms with E-state index in [2.05, 4.69) is 9.72 Å². The summed E-state index contributed by atoms with van der Waals surface area (Å²) in [6, 6.07) is 3.22. The number of nitrogen functional groups attached to an aromatic ring is 1. The summed E-state index contributed by atoms with van der Waals surface area (Å²) in [7, 11) is 0. The molecule has 110 valence electrons. The first-order chi connectivity index (χ1) is 9.81. The van der Waals surface area contributed by atoms with E-state index < -0.39 is 40.9 Å². The van der Waals surface area contributed by atoms with Crippen molar-refractivity contribution in [3.63, 3.8) is 0 Å². The molecule has 1 aromatic carbocycles. The van der Waals surface area contributed by atoms with Gasteiger partial charge < -0.3 is 15.6 Å². The SMILES string of the molecule is Nc1c(F)c(OC(=O)O)nc(-c2ccc(Cl)cc2F)c1F. The highest BCUT2D eigenvalue weighted by molar-refractivity contribution is 6.30. The molecule has 5 nitrogen and oxygen atoms in total. The van der Waals surface area contributed by atoms with E-state index in [0.29, 0.717) is 0 Å². The normalized spacial score (nSPS) is 10.5. The number of hydrogen-bond acceptors (Lipinski definition) is 4. The number of aromatic nitrogens is 1. The number of benzene rings is 1. The van der Waals surface area contributed by atoms with E-state index in [9.17, 15) is 18.0 Å². The first kappa shape index (κ1) is 14.9. The summed E-state index contributed by atoms with van der Waals surface area (Å²) in [5, 5.41) is 8.50. The molecular formula is C12H6ClF3N2O3. The van der Waals surface area contributed by atoms with Crippen LogP contribution in [0.25, 0.3) is 11.3 Å². The monoisotopic (exact) mass is 318 g/mol. The second kappa shape index (κ2) is 5.49. The molecule has 0 bridgehead atoms. The van der Waals surface area contributed by atoms with Crippen LogP contribution in [0, 0.1) is 17.5 Å². The van der Waals surface area contributed by atoms with Gasteiger partial charge in [-0.2, -0.15) is 4.39 Å². The minimum absolute atomic E-state index is 0.0498. The molecule has 2 rings (SSSR count). The van der Waals surface area contributed by atoms with Crippen LogP contribution < -0.4 is 10.5 Å². The number of halogens is 4. The Morgan fingerprint density at radius 3 is 2.52 bits per heavy atom. The number of ether oxygens (including phenoxy) is 1. The lowest BCUT2D eigenvalue weighted by atomic mass is 10.1. The summed E-state index contributed by atoms with van der Waals surface area (Å²) in [5.74, 6) is -4.86. The molecule has 0 fully saturated rings. The molecule has 0 spiro atoms. The van der Waals surface area contributed by atoms with E-state index >= 15 is 0 Å². The van der Waals surface area contributed by atoms with Gasteiger partial charge in [0.2, 0.25) is 5.82 Å². The molecular weight excluding hydrogens is 313 g/mol. The van der Waals surface area contributed by atoms with Gasteiger partial charge in [0, 0.05) is 10.6 Å². The van der Waals surface area contributed by atoms with Gasteiger partial charge in [-0.05, 0) is 18.2 Å². The van der Waals surface area contributed by atoms with Crippen LogP contribution in [0.2, 0.25) is 5.02 Å². The number of pyridine rings is 1. The average Bonchev–Trinajstić information content (AvgIpc) is 2.40. The fourth-order valence-electron chi connectivity index (χ4n) is 1.55. The van der Waals surface area contributed by atoms with Gasteiger partial charge >= 0.3 is 6.16 Å². The van der Waals surface area contributed by atoms with Crippen molar-refractivity contribution in [1.29, 1.82) is 0 Å². The Morgan fingerprint density at radius 1 is 1.29 bits per heavy atom. The molecule has 0 radical (unpaired) electrons. The van der Waals surface area contributed by atoms with Gasteiger partial charge in [0.15, 0.2) is 5.82 Å². The van der Waals surface area contributed by atoms with Crippen molar-refractivity contribution in [3.8, 4) is 17.1 Å². The van der Waals surface area contributed by atoms with E-state index in [-0.39, 0.29) is 10.6 Å². The van der Waals surface area contributed by atoms with Crippen LogP contribution in [-0.2, 0) is 0 Å². The largest absolute Gasteiger partial charge is 0.512 e. The Kier molecular flexibility index (Phi) is 3.90. The van der Waals surface area contributed by atoms with Crippen LogP contribution in [-0.4, -0.2) is 16.2 Å².